The number of hydrogen-bond donors (Lipinski definition) is 2. The Kier molecular flexibility index (Phi) is 4.52. The second kappa shape index (κ2) is 5.96. The van der Waals surface area contributed by atoms with Gasteiger partial charge in [-0.2, -0.15) is 0 Å². The van der Waals surface area contributed by atoms with Gasteiger partial charge in [0.2, 0.25) is 5.91 Å². The van der Waals surface area contributed by atoms with Crippen LogP contribution in [0, 0.1) is 5.92 Å². The molecule has 0 spiro atoms. The van der Waals surface area contributed by atoms with Crippen molar-refractivity contribution in [3.8, 4) is 0 Å². The molecule has 1 aromatic rings. The number of piperidine rings is 1. The van der Waals surface area contributed by atoms with Gasteiger partial charge < -0.3 is 10.6 Å². The van der Waals surface area contributed by atoms with Gasteiger partial charge in [-0.3, -0.25) is 4.79 Å². The fourth-order valence-electron chi connectivity index (χ4n) is 2.02. The summed E-state index contributed by atoms with van der Waals surface area (Å²) in [5.41, 5.74) is 0.0228. The molecule has 0 saturated carbocycles. The van der Waals surface area contributed by atoms with Crippen molar-refractivity contribution < 1.29 is 4.79 Å². The van der Waals surface area contributed by atoms with Gasteiger partial charge in [0, 0.05) is 11.3 Å². The lowest BCUT2D eigenvalue weighted by Crippen LogP contribution is -2.37. The molecule has 19 heavy (non-hydrogen) atoms. The normalized spacial score (nSPS) is 17.4. The second-order valence-electron chi connectivity index (χ2n) is 5.99. The van der Waals surface area contributed by atoms with E-state index in [2.05, 4.69) is 41.6 Å². The summed E-state index contributed by atoms with van der Waals surface area (Å²) in [6.07, 6.45) is 1.85. The van der Waals surface area contributed by atoms with Gasteiger partial charge in [0.25, 0.3) is 0 Å². The van der Waals surface area contributed by atoms with Crippen molar-refractivity contribution >= 4 is 17.2 Å². The molecule has 5 nitrogen and oxygen atoms in total. The van der Waals surface area contributed by atoms with Crippen LogP contribution in [0.15, 0.2) is 0 Å². The van der Waals surface area contributed by atoms with Crippen LogP contribution < -0.4 is 10.6 Å². The van der Waals surface area contributed by atoms with E-state index < -0.39 is 0 Å². The third-order valence-electron chi connectivity index (χ3n) is 3.23. The quantitative estimate of drug-likeness (QED) is 0.880. The zero-order valence-corrected chi connectivity index (χ0v) is 12.6. The Morgan fingerprint density at radius 2 is 2.05 bits per heavy atom. The van der Waals surface area contributed by atoms with E-state index in [1.54, 1.807) is 11.3 Å². The fraction of sp³-hybridized carbons (Fsp3) is 0.769. The Hall–Kier alpha value is -1.01. The van der Waals surface area contributed by atoms with Gasteiger partial charge in [-0.1, -0.05) is 32.1 Å². The summed E-state index contributed by atoms with van der Waals surface area (Å²) >= 11 is 1.58. The van der Waals surface area contributed by atoms with Crippen molar-refractivity contribution in [1.82, 2.24) is 20.8 Å². The standard InChI is InChI=1S/C13H22N4OS/c1-13(2,3)12-17-16-10(19-12)8-15-11(18)9-4-6-14-7-5-9/h9,14H,4-8H2,1-3H3,(H,15,18). The minimum Gasteiger partial charge on any atom is -0.349 e. The summed E-state index contributed by atoms with van der Waals surface area (Å²) in [4.78, 5) is 12.0. The number of rotatable bonds is 3. The van der Waals surface area contributed by atoms with Crippen molar-refractivity contribution in [3.05, 3.63) is 10.0 Å². The largest absolute Gasteiger partial charge is 0.349 e. The molecule has 1 aliphatic heterocycles. The Bertz CT molecular complexity index is 432. The van der Waals surface area contributed by atoms with E-state index in [4.69, 9.17) is 0 Å². The first-order chi connectivity index (χ1) is 8.97. The number of hydrogen-bond acceptors (Lipinski definition) is 5. The molecule has 2 N–H and O–H groups in total. The third kappa shape index (κ3) is 3.98. The van der Waals surface area contributed by atoms with Crippen LogP contribution in [0.1, 0.15) is 43.6 Å². The Morgan fingerprint density at radius 3 is 2.63 bits per heavy atom. The smallest absolute Gasteiger partial charge is 0.223 e. The molecule has 6 heteroatoms. The van der Waals surface area contributed by atoms with E-state index in [9.17, 15) is 4.79 Å². The average molecular weight is 282 g/mol. The van der Waals surface area contributed by atoms with Crippen molar-refractivity contribution in [1.29, 1.82) is 0 Å². The number of nitrogens with one attached hydrogen (secondary N) is 2. The summed E-state index contributed by atoms with van der Waals surface area (Å²) in [5.74, 6) is 0.297. The van der Waals surface area contributed by atoms with Crippen molar-refractivity contribution in [2.45, 2.75) is 45.6 Å². The van der Waals surface area contributed by atoms with Crippen LogP contribution in [-0.4, -0.2) is 29.2 Å². The van der Waals surface area contributed by atoms with Crippen molar-refractivity contribution in [3.63, 3.8) is 0 Å². The number of carbonyl (C=O) groups excluding carboxylic acids is 1. The van der Waals surface area contributed by atoms with Gasteiger partial charge >= 0.3 is 0 Å². The summed E-state index contributed by atoms with van der Waals surface area (Å²) in [5, 5.41) is 16.5. The van der Waals surface area contributed by atoms with Crippen LogP contribution in [0.4, 0.5) is 0 Å². The van der Waals surface area contributed by atoms with Crippen LogP contribution >= 0.6 is 11.3 Å². The predicted molar refractivity (Wildman–Crippen MR) is 76.0 cm³/mol. The van der Waals surface area contributed by atoms with E-state index in [1.807, 2.05) is 0 Å². The maximum absolute atomic E-state index is 12.0. The molecule has 0 aliphatic carbocycles. The number of nitrogens with zero attached hydrogens (tertiary/aromatic N) is 2. The van der Waals surface area contributed by atoms with Crippen LogP contribution in [0.3, 0.4) is 0 Å². The summed E-state index contributed by atoms with van der Waals surface area (Å²) in [6, 6.07) is 0. The summed E-state index contributed by atoms with van der Waals surface area (Å²) < 4.78 is 0. The first-order valence-corrected chi connectivity index (χ1v) is 7.60. The molecular weight excluding hydrogens is 260 g/mol. The minimum absolute atomic E-state index is 0.0228. The van der Waals surface area contributed by atoms with Crippen molar-refractivity contribution in [2.75, 3.05) is 13.1 Å². The van der Waals surface area contributed by atoms with Gasteiger partial charge in [0.15, 0.2) is 0 Å². The van der Waals surface area contributed by atoms with E-state index >= 15 is 0 Å². The van der Waals surface area contributed by atoms with E-state index in [-0.39, 0.29) is 17.2 Å². The zero-order chi connectivity index (χ0) is 13.9. The molecule has 1 amide bonds. The Morgan fingerprint density at radius 1 is 1.37 bits per heavy atom. The lowest BCUT2D eigenvalue weighted by Gasteiger charge is -2.21. The highest BCUT2D eigenvalue weighted by atomic mass is 32.1. The highest BCUT2D eigenvalue weighted by Gasteiger charge is 2.22. The molecular formula is C13H22N4OS. The molecule has 0 bridgehead atoms. The first-order valence-electron chi connectivity index (χ1n) is 6.78. The van der Waals surface area contributed by atoms with Gasteiger partial charge in [-0.05, 0) is 25.9 Å². The first kappa shape index (κ1) is 14.4. The molecule has 1 saturated heterocycles. The zero-order valence-electron chi connectivity index (χ0n) is 11.8. The lowest BCUT2D eigenvalue weighted by molar-refractivity contribution is -0.125. The molecule has 1 aromatic heterocycles. The van der Waals surface area contributed by atoms with Crippen LogP contribution in [0.5, 0.6) is 0 Å². The Labute approximate surface area is 118 Å². The predicted octanol–water partition coefficient (Wildman–Crippen LogP) is 1.45. The SMILES string of the molecule is CC(C)(C)c1nnc(CNC(=O)C2CCNCC2)s1. The summed E-state index contributed by atoms with van der Waals surface area (Å²) in [6.45, 7) is 8.72. The van der Waals surface area contributed by atoms with Crippen LogP contribution in [-0.2, 0) is 16.8 Å². The maximum atomic E-state index is 12.0. The highest BCUT2D eigenvalue weighted by molar-refractivity contribution is 7.11. The van der Waals surface area contributed by atoms with Gasteiger partial charge in [-0.15, -0.1) is 10.2 Å². The second-order valence-corrected chi connectivity index (χ2v) is 7.06. The summed E-state index contributed by atoms with van der Waals surface area (Å²) in [7, 11) is 0. The molecule has 0 unspecified atom stereocenters. The Balaban J connectivity index is 1.85. The topological polar surface area (TPSA) is 66.9 Å². The van der Waals surface area contributed by atoms with Crippen LogP contribution in [0.25, 0.3) is 0 Å². The lowest BCUT2D eigenvalue weighted by atomic mass is 9.97. The number of amides is 1. The molecule has 2 rings (SSSR count). The number of carbonyl (C=O) groups is 1. The highest BCUT2D eigenvalue weighted by Crippen LogP contribution is 2.25. The molecule has 0 atom stereocenters. The van der Waals surface area contributed by atoms with Crippen molar-refractivity contribution in [2.24, 2.45) is 5.92 Å². The van der Waals surface area contributed by atoms with Gasteiger partial charge in [0.05, 0.1) is 6.54 Å². The molecule has 2 heterocycles. The monoisotopic (exact) mass is 282 g/mol. The molecule has 0 radical (unpaired) electrons. The van der Waals surface area contributed by atoms with E-state index in [1.165, 1.54) is 0 Å². The van der Waals surface area contributed by atoms with Gasteiger partial charge in [-0.25, -0.2) is 0 Å². The fourth-order valence-corrected chi connectivity index (χ4v) is 2.86. The van der Waals surface area contributed by atoms with E-state index in [0.717, 1.165) is 35.9 Å². The third-order valence-corrected chi connectivity index (χ3v) is 4.58. The average Bonchev–Trinajstić information content (AvgIpc) is 2.86. The van der Waals surface area contributed by atoms with Gasteiger partial charge in [0.1, 0.15) is 10.0 Å². The molecule has 1 fully saturated rings. The van der Waals surface area contributed by atoms with E-state index in [0.29, 0.717) is 6.54 Å². The number of aromatic nitrogens is 2. The molecule has 0 aromatic carbocycles. The molecule has 106 valence electrons. The minimum atomic E-state index is 0.0228. The van der Waals surface area contributed by atoms with Crippen LogP contribution in [0.2, 0.25) is 0 Å². The maximum Gasteiger partial charge on any atom is 0.223 e. The molecule has 1 aliphatic rings.